The van der Waals surface area contributed by atoms with Crippen LogP contribution in [-0.2, 0) is 13.1 Å². The zero-order valence-electron chi connectivity index (χ0n) is 12.9. The topological polar surface area (TPSA) is 76.6 Å². The van der Waals surface area contributed by atoms with E-state index in [4.69, 9.17) is 4.42 Å². The number of carbonyl (C=O) groups excluding carboxylic acids is 1. The third-order valence-electron chi connectivity index (χ3n) is 3.53. The van der Waals surface area contributed by atoms with Crippen LogP contribution in [0.5, 0.6) is 0 Å². The molecule has 25 heavy (non-hydrogen) atoms. The molecule has 3 aromatic rings. The van der Waals surface area contributed by atoms with Gasteiger partial charge in [0.25, 0.3) is 11.6 Å². The van der Waals surface area contributed by atoms with E-state index < -0.39 is 4.92 Å². The molecule has 6 nitrogen and oxygen atoms in total. The van der Waals surface area contributed by atoms with Crippen molar-refractivity contribution in [2.24, 2.45) is 0 Å². The molecule has 1 amide bonds. The lowest BCUT2D eigenvalue weighted by molar-refractivity contribution is -0.385. The number of hydrogen-bond acceptors (Lipinski definition) is 5. The molecule has 0 saturated heterocycles. The maximum absolute atomic E-state index is 12.9. The van der Waals surface area contributed by atoms with E-state index in [1.54, 1.807) is 40.7 Å². The van der Waals surface area contributed by atoms with Crippen molar-refractivity contribution in [3.63, 3.8) is 0 Å². The predicted octanol–water partition coefficient (Wildman–Crippen LogP) is 4.85. The number of rotatable bonds is 6. The summed E-state index contributed by atoms with van der Waals surface area (Å²) in [5.41, 5.74) is 0.123. The molecule has 0 fully saturated rings. The second-order valence-corrected chi connectivity index (χ2v) is 7.13. The number of hydrogen-bond donors (Lipinski definition) is 0. The molecule has 0 bridgehead atoms. The molecule has 2 aromatic heterocycles. The highest BCUT2D eigenvalue weighted by molar-refractivity contribution is 9.10. The Bertz CT molecular complexity index is 842. The van der Waals surface area contributed by atoms with Crippen molar-refractivity contribution in [2.75, 3.05) is 0 Å². The SMILES string of the molecule is O=C(c1ccc(Br)c([N+](=O)[O-])c1)N(Cc1ccco1)Cc1cccs1. The second kappa shape index (κ2) is 7.62. The number of furan rings is 1. The third kappa shape index (κ3) is 4.15. The quantitative estimate of drug-likeness (QED) is 0.421. The van der Waals surface area contributed by atoms with Gasteiger partial charge in [0.05, 0.1) is 28.7 Å². The highest BCUT2D eigenvalue weighted by Crippen LogP contribution is 2.27. The van der Waals surface area contributed by atoms with Gasteiger partial charge in [-0.25, -0.2) is 0 Å². The Hall–Kier alpha value is -2.45. The molecule has 8 heteroatoms. The Labute approximate surface area is 156 Å². The minimum Gasteiger partial charge on any atom is -0.467 e. The summed E-state index contributed by atoms with van der Waals surface area (Å²) < 4.78 is 5.68. The summed E-state index contributed by atoms with van der Waals surface area (Å²) in [6, 6.07) is 11.8. The number of halogens is 1. The van der Waals surface area contributed by atoms with Crippen LogP contribution in [0.1, 0.15) is 21.0 Å². The Morgan fingerprint density at radius 1 is 1.24 bits per heavy atom. The van der Waals surface area contributed by atoms with E-state index >= 15 is 0 Å². The molecule has 1 aromatic carbocycles. The molecule has 128 valence electrons. The first-order valence-corrected chi connectivity index (χ1v) is 9.00. The second-order valence-electron chi connectivity index (χ2n) is 5.24. The van der Waals surface area contributed by atoms with E-state index in [0.717, 1.165) is 4.88 Å². The number of thiophene rings is 1. The van der Waals surface area contributed by atoms with Crippen molar-refractivity contribution in [1.82, 2.24) is 4.90 Å². The summed E-state index contributed by atoms with van der Waals surface area (Å²) in [6.45, 7) is 0.689. The van der Waals surface area contributed by atoms with Crippen LogP contribution in [0.2, 0.25) is 0 Å². The van der Waals surface area contributed by atoms with Gasteiger partial charge in [-0.05, 0) is 51.6 Å². The molecule has 0 saturated carbocycles. The minimum atomic E-state index is -0.517. The molecule has 0 aliphatic heterocycles. The first-order chi connectivity index (χ1) is 12.0. The van der Waals surface area contributed by atoms with Gasteiger partial charge in [-0.3, -0.25) is 14.9 Å². The predicted molar refractivity (Wildman–Crippen MR) is 97.4 cm³/mol. The molecule has 0 spiro atoms. The average Bonchev–Trinajstić information content (AvgIpc) is 3.27. The van der Waals surface area contributed by atoms with Gasteiger partial charge in [0.15, 0.2) is 0 Å². The summed E-state index contributed by atoms with van der Waals surface area (Å²) in [6.07, 6.45) is 1.55. The fraction of sp³-hybridized carbons (Fsp3) is 0.118. The van der Waals surface area contributed by atoms with Crippen LogP contribution in [0.4, 0.5) is 5.69 Å². The van der Waals surface area contributed by atoms with E-state index in [2.05, 4.69) is 15.9 Å². The van der Waals surface area contributed by atoms with Crippen molar-refractivity contribution < 1.29 is 14.1 Å². The summed E-state index contributed by atoms with van der Waals surface area (Å²) in [5, 5.41) is 13.1. The zero-order valence-corrected chi connectivity index (χ0v) is 15.3. The standard InChI is InChI=1S/C17H13BrN2O4S/c18-15-6-5-12(9-16(15)20(22)23)17(21)19(10-13-3-1-7-24-13)11-14-4-2-8-25-14/h1-9H,10-11H2. The lowest BCUT2D eigenvalue weighted by Crippen LogP contribution is -2.29. The van der Waals surface area contributed by atoms with Crippen molar-refractivity contribution in [3.05, 3.63) is 84.9 Å². The largest absolute Gasteiger partial charge is 0.467 e. The van der Waals surface area contributed by atoms with Crippen LogP contribution in [-0.4, -0.2) is 15.7 Å². The van der Waals surface area contributed by atoms with E-state index in [9.17, 15) is 14.9 Å². The smallest absolute Gasteiger partial charge is 0.284 e. The van der Waals surface area contributed by atoms with Crippen LogP contribution in [0.3, 0.4) is 0 Å². The fourth-order valence-corrected chi connectivity index (χ4v) is 3.46. The number of nitro benzene ring substituents is 1. The molecule has 0 N–H and O–H groups in total. The van der Waals surface area contributed by atoms with Gasteiger partial charge in [-0.15, -0.1) is 11.3 Å². The van der Waals surface area contributed by atoms with Gasteiger partial charge in [0, 0.05) is 16.5 Å². The van der Waals surface area contributed by atoms with E-state index in [1.165, 1.54) is 12.1 Å². The Morgan fingerprint density at radius 2 is 2.08 bits per heavy atom. The summed E-state index contributed by atoms with van der Waals surface area (Å²) in [4.78, 5) is 26.2. The lowest BCUT2D eigenvalue weighted by Gasteiger charge is -2.21. The summed E-state index contributed by atoms with van der Waals surface area (Å²) in [5.74, 6) is 0.358. The van der Waals surface area contributed by atoms with Gasteiger partial charge in [-0.1, -0.05) is 6.07 Å². The highest BCUT2D eigenvalue weighted by atomic mass is 79.9. The normalized spacial score (nSPS) is 10.6. The lowest BCUT2D eigenvalue weighted by atomic mass is 10.1. The third-order valence-corrected chi connectivity index (χ3v) is 5.06. The highest BCUT2D eigenvalue weighted by Gasteiger charge is 2.22. The van der Waals surface area contributed by atoms with Crippen LogP contribution in [0.15, 0.2) is 63.0 Å². The van der Waals surface area contributed by atoms with Crippen LogP contribution >= 0.6 is 27.3 Å². The minimum absolute atomic E-state index is 0.139. The summed E-state index contributed by atoms with van der Waals surface area (Å²) in [7, 11) is 0. The Morgan fingerprint density at radius 3 is 2.72 bits per heavy atom. The number of carbonyl (C=O) groups is 1. The van der Waals surface area contributed by atoms with Crippen LogP contribution < -0.4 is 0 Å². The molecule has 0 radical (unpaired) electrons. The van der Waals surface area contributed by atoms with Crippen LogP contribution in [0, 0.1) is 10.1 Å². The molecule has 0 aliphatic carbocycles. The maximum Gasteiger partial charge on any atom is 0.284 e. The maximum atomic E-state index is 12.9. The fourth-order valence-electron chi connectivity index (χ4n) is 2.35. The zero-order chi connectivity index (χ0) is 17.8. The van der Waals surface area contributed by atoms with E-state index in [1.807, 2.05) is 17.5 Å². The van der Waals surface area contributed by atoms with Crippen molar-refractivity contribution in [2.45, 2.75) is 13.1 Å². The van der Waals surface area contributed by atoms with Gasteiger partial charge < -0.3 is 9.32 Å². The summed E-state index contributed by atoms with van der Waals surface area (Å²) >= 11 is 4.68. The van der Waals surface area contributed by atoms with Crippen molar-refractivity contribution in [1.29, 1.82) is 0 Å². The number of benzene rings is 1. The van der Waals surface area contributed by atoms with Gasteiger partial charge in [0.1, 0.15) is 5.76 Å². The Kier molecular flexibility index (Phi) is 5.30. The molecule has 2 heterocycles. The number of nitro groups is 1. The number of nitrogens with zero attached hydrogens (tertiary/aromatic N) is 2. The molecule has 3 rings (SSSR count). The van der Waals surface area contributed by atoms with Crippen molar-refractivity contribution in [3.8, 4) is 0 Å². The first-order valence-electron chi connectivity index (χ1n) is 7.32. The van der Waals surface area contributed by atoms with Crippen LogP contribution in [0.25, 0.3) is 0 Å². The molecular formula is C17H13BrN2O4S. The first kappa shape index (κ1) is 17.4. The number of amides is 1. The average molecular weight is 421 g/mol. The van der Waals surface area contributed by atoms with Gasteiger partial charge >= 0.3 is 0 Å². The molecule has 0 atom stereocenters. The van der Waals surface area contributed by atoms with E-state index in [-0.39, 0.29) is 23.7 Å². The van der Waals surface area contributed by atoms with E-state index in [0.29, 0.717) is 16.8 Å². The van der Waals surface area contributed by atoms with Gasteiger partial charge in [-0.2, -0.15) is 0 Å². The molecule has 0 unspecified atom stereocenters. The molecular weight excluding hydrogens is 408 g/mol. The Balaban J connectivity index is 1.90. The van der Waals surface area contributed by atoms with Crippen molar-refractivity contribution >= 4 is 38.9 Å². The monoisotopic (exact) mass is 420 g/mol. The molecule has 0 aliphatic rings. The van der Waals surface area contributed by atoms with Gasteiger partial charge in [0.2, 0.25) is 0 Å².